The van der Waals surface area contributed by atoms with Crippen LogP contribution in [0.4, 0.5) is 0 Å². The molecule has 2 aliphatic heterocycles. The van der Waals surface area contributed by atoms with Gasteiger partial charge in [0.2, 0.25) is 5.91 Å². The van der Waals surface area contributed by atoms with Crippen molar-refractivity contribution >= 4 is 57.1 Å². The minimum atomic E-state index is -1.66. The van der Waals surface area contributed by atoms with E-state index in [9.17, 15) is 14.4 Å². The fourth-order valence-electron chi connectivity index (χ4n) is 3.28. The maximum atomic E-state index is 13.0. The Hall–Kier alpha value is -1.59. The molecule has 11 heteroatoms. The van der Waals surface area contributed by atoms with Crippen molar-refractivity contribution in [1.82, 2.24) is 10.2 Å². The molecule has 0 saturated carbocycles. The highest BCUT2D eigenvalue weighted by Gasteiger charge is 2.67. The molecule has 3 rings (SSSR count). The number of nitrogens with one attached hydrogen (secondary N) is 1. The summed E-state index contributed by atoms with van der Waals surface area (Å²) in [6.45, 7) is 1.84. The number of fused-ring (bicyclic) bond motifs is 1. The lowest BCUT2D eigenvalue weighted by Gasteiger charge is -2.55. The number of esters is 1. The van der Waals surface area contributed by atoms with Gasteiger partial charge < -0.3 is 20.5 Å². The molecule has 3 atom stereocenters. The third kappa shape index (κ3) is 3.57. The lowest BCUT2D eigenvalue weighted by molar-refractivity contribution is -0.193. The summed E-state index contributed by atoms with van der Waals surface area (Å²) in [6, 6.07) is 4.41. The molecular formula is C18H19BrClN3O5S. The van der Waals surface area contributed by atoms with Gasteiger partial charge in [0.25, 0.3) is 11.6 Å². The largest absolute Gasteiger partial charge is 0.464 e. The molecule has 1 saturated heterocycles. The van der Waals surface area contributed by atoms with Crippen molar-refractivity contribution in [2.24, 2.45) is 5.73 Å². The molecule has 0 aliphatic carbocycles. The van der Waals surface area contributed by atoms with E-state index in [0.717, 1.165) is 10.0 Å². The van der Waals surface area contributed by atoms with Gasteiger partial charge in [0.15, 0.2) is 0 Å². The van der Waals surface area contributed by atoms with Crippen LogP contribution in [0.2, 0.25) is 0 Å². The Morgan fingerprint density at radius 2 is 2.14 bits per heavy atom. The van der Waals surface area contributed by atoms with E-state index in [0.29, 0.717) is 5.56 Å². The van der Waals surface area contributed by atoms with Crippen LogP contribution in [-0.2, 0) is 23.9 Å². The molecular weight excluding hydrogens is 486 g/mol. The number of benzene rings is 1. The van der Waals surface area contributed by atoms with Crippen molar-refractivity contribution in [1.29, 1.82) is 0 Å². The summed E-state index contributed by atoms with van der Waals surface area (Å²) in [6.07, 6.45) is 0. The first-order valence-electron chi connectivity index (χ1n) is 8.49. The highest BCUT2D eigenvalue weighted by atomic mass is 79.9. The van der Waals surface area contributed by atoms with Crippen LogP contribution in [-0.4, -0.2) is 53.8 Å². The molecule has 0 aromatic heterocycles. The fraction of sp³-hybridized carbons (Fsp3) is 0.389. The van der Waals surface area contributed by atoms with E-state index in [1.165, 1.54) is 30.9 Å². The molecule has 1 fully saturated rings. The number of hydrogen-bond donors (Lipinski definition) is 2. The Morgan fingerprint density at radius 1 is 1.45 bits per heavy atom. The molecule has 1 aromatic rings. The molecule has 1 aromatic carbocycles. The number of nitrogens with zero attached hydrogens (tertiary/aromatic N) is 1. The first-order chi connectivity index (χ1) is 13.7. The Kier molecular flexibility index (Phi) is 6.30. The molecule has 2 aliphatic rings. The van der Waals surface area contributed by atoms with Gasteiger partial charge in [-0.2, -0.15) is 0 Å². The number of β-lactam (4-membered cyclic amide) rings is 1. The average Bonchev–Trinajstić information content (AvgIpc) is 2.71. The van der Waals surface area contributed by atoms with E-state index < -0.39 is 34.9 Å². The summed E-state index contributed by atoms with van der Waals surface area (Å²) < 4.78 is 10.9. The smallest absolute Gasteiger partial charge is 0.356 e. The van der Waals surface area contributed by atoms with Crippen LogP contribution in [0, 0.1) is 6.92 Å². The lowest BCUT2D eigenvalue weighted by atomic mass is 9.97. The average molecular weight is 505 g/mol. The number of carbonyl (C=O) groups is 3. The Labute approximate surface area is 185 Å². The molecule has 0 spiro atoms. The molecule has 0 radical (unpaired) electrons. The molecule has 2 unspecified atom stereocenters. The number of ether oxygens (including phenoxy) is 2. The number of carbonyl (C=O) groups excluding carboxylic acids is 3. The van der Waals surface area contributed by atoms with Gasteiger partial charge in [-0.1, -0.05) is 33.6 Å². The highest BCUT2D eigenvalue weighted by molar-refractivity contribution is 9.10. The normalized spacial score (nSPS) is 24.6. The molecule has 3 N–H and O–H groups in total. The minimum absolute atomic E-state index is 0.0445. The van der Waals surface area contributed by atoms with Crippen LogP contribution in [0.3, 0.4) is 0 Å². The van der Waals surface area contributed by atoms with Gasteiger partial charge >= 0.3 is 5.97 Å². The Morgan fingerprint density at radius 3 is 2.76 bits per heavy atom. The third-order valence-electron chi connectivity index (χ3n) is 4.85. The number of nitrogens with two attached hydrogens (primary N) is 1. The number of rotatable bonds is 5. The zero-order valence-corrected chi connectivity index (χ0v) is 19.0. The lowest BCUT2D eigenvalue weighted by Crippen LogP contribution is -2.81. The second-order valence-corrected chi connectivity index (χ2v) is 8.93. The van der Waals surface area contributed by atoms with Gasteiger partial charge in [-0.3, -0.25) is 14.5 Å². The number of aryl methyl sites for hydroxylation is 1. The summed E-state index contributed by atoms with van der Waals surface area (Å²) in [5, 5.41) is 2.15. The van der Waals surface area contributed by atoms with Crippen molar-refractivity contribution in [3.63, 3.8) is 0 Å². The minimum Gasteiger partial charge on any atom is -0.464 e. The van der Waals surface area contributed by atoms with Crippen molar-refractivity contribution in [2.45, 2.75) is 24.1 Å². The molecule has 156 valence electrons. The monoisotopic (exact) mass is 503 g/mol. The summed E-state index contributed by atoms with van der Waals surface area (Å²) in [5.74, 6) is -1.67. The van der Waals surface area contributed by atoms with E-state index in [1.807, 2.05) is 19.1 Å². The molecule has 29 heavy (non-hydrogen) atoms. The van der Waals surface area contributed by atoms with Crippen molar-refractivity contribution in [3.05, 3.63) is 44.5 Å². The molecule has 8 nitrogen and oxygen atoms in total. The second-order valence-electron chi connectivity index (χ2n) is 6.49. The van der Waals surface area contributed by atoms with Crippen LogP contribution >= 0.6 is 39.3 Å². The van der Waals surface area contributed by atoms with Gasteiger partial charge in [-0.05, 0) is 30.2 Å². The van der Waals surface area contributed by atoms with Crippen LogP contribution in [0.25, 0.3) is 0 Å². The zero-order chi connectivity index (χ0) is 21.5. The number of amides is 2. The van der Waals surface area contributed by atoms with Crippen LogP contribution in [0.15, 0.2) is 33.4 Å². The number of halogens is 2. The van der Waals surface area contributed by atoms with Crippen molar-refractivity contribution < 1.29 is 23.9 Å². The number of methoxy groups -OCH3 is 2. The summed E-state index contributed by atoms with van der Waals surface area (Å²) in [5.41, 5.74) is 5.90. The van der Waals surface area contributed by atoms with Gasteiger partial charge in [-0.15, -0.1) is 11.8 Å². The van der Waals surface area contributed by atoms with Gasteiger partial charge in [0.1, 0.15) is 17.1 Å². The van der Waals surface area contributed by atoms with Crippen molar-refractivity contribution in [2.75, 3.05) is 20.0 Å². The van der Waals surface area contributed by atoms with Gasteiger partial charge in [-0.25, -0.2) is 4.79 Å². The first kappa shape index (κ1) is 22.1. The number of thioether (sulfide) groups is 1. The topological polar surface area (TPSA) is 111 Å². The maximum Gasteiger partial charge on any atom is 0.356 e. The van der Waals surface area contributed by atoms with E-state index in [1.54, 1.807) is 6.07 Å². The molecule has 0 bridgehead atoms. The fourth-order valence-corrected chi connectivity index (χ4v) is 5.29. The van der Waals surface area contributed by atoms with Crippen molar-refractivity contribution in [3.8, 4) is 0 Å². The predicted molar refractivity (Wildman–Crippen MR) is 112 cm³/mol. The first-order valence-corrected chi connectivity index (χ1v) is 10.7. The highest BCUT2D eigenvalue weighted by Crippen LogP contribution is 2.47. The summed E-state index contributed by atoms with van der Waals surface area (Å²) in [4.78, 5) is 39.1. The molecule has 2 amide bonds. The Bertz CT molecular complexity index is 927. The van der Waals surface area contributed by atoms with Crippen LogP contribution < -0.4 is 11.1 Å². The quantitative estimate of drug-likeness (QED) is 0.357. The SMILES string of the molecule is COC(=O)C1=C(Cl)CS[C@@H]2N1C(=O)C2(NC(=O)C(N)c1cc(Br)ccc1C)OC. The Balaban J connectivity index is 1.87. The van der Waals surface area contributed by atoms with E-state index >= 15 is 0 Å². The third-order valence-corrected chi connectivity index (χ3v) is 7.13. The number of hydrogen-bond acceptors (Lipinski definition) is 7. The van der Waals surface area contributed by atoms with Gasteiger partial charge in [0, 0.05) is 17.3 Å². The van der Waals surface area contributed by atoms with Gasteiger partial charge in [0.05, 0.1) is 12.1 Å². The van der Waals surface area contributed by atoms with E-state index in [4.69, 9.17) is 26.8 Å². The van der Waals surface area contributed by atoms with Crippen LogP contribution in [0.1, 0.15) is 17.2 Å². The maximum absolute atomic E-state index is 13.0. The predicted octanol–water partition coefficient (Wildman–Crippen LogP) is 1.75. The second kappa shape index (κ2) is 8.27. The summed E-state index contributed by atoms with van der Waals surface area (Å²) in [7, 11) is 2.51. The summed E-state index contributed by atoms with van der Waals surface area (Å²) >= 11 is 10.8. The van der Waals surface area contributed by atoms with E-state index in [2.05, 4.69) is 21.2 Å². The standard InChI is InChI=1S/C18H19BrClN3O5S/c1-8-4-5-9(19)6-10(8)12(21)14(24)22-18(28-3)16(26)23-13(15(25)27-2)11(20)7-29-17(18)23/h4-6,12,17H,7,21H2,1-3H3,(H,22,24)/t12?,17-,18?/m0/s1. The zero-order valence-electron chi connectivity index (χ0n) is 15.8. The van der Waals surface area contributed by atoms with E-state index in [-0.39, 0.29) is 16.5 Å². The van der Waals surface area contributed by atoms with Crippen LogP contribution in [0.5, 0.6) is 0 Å². The molecule has 2 heterocycles.